The average molecular weight is 418 g/mol. The van der Waals surface area contributed by atoms with Gasteiger partial charge in [-0.1, -0.05) is 35.6 Å². The van der Waals surface area contributed by atoms with Gasteiger partial charge in [0.15, 0.2) is 0 Å². The van der Waals surface area contributed by atoms with Crippen molar-refractivity contribution in [3.05, 3.63) is 52.5 Å². The first-order chi connectivity index (χ1) is 12.3. The zero-order valence-electron chi connectivity index (χ0n) is 13.2. The van der Waals surface area contributed by atoms with E-state index in [1.165, 1.54) is 49.0 Å². The maximum absolute atomic E-state index is 13.4. The minimum atomic E-state index is -4.61. The molecule has 26 heavy (non-hydrogen) atoms. The van der Waals surface area contributed by atoms with Gasteiger partial charge in [0.2, 0.25) is 0 Å². The normalized spacial score (nSPS) is 11.6. The summed E-state index contributed by atoms with van der Waals surface area (Å²) in [6.07, 6.45) is -3.40. The Labute approximate surface area is 162 Å². The lowest BCUT2D eigenvalue weighted by Gasteiger charge is -2.15. The molecule has 0 aromatic heterocycles. The third-order valence-electron chi connectivity index (χ3n) is 3.11. The monoisotopic (exact) mass is 417 g/mol. The molecule has 9 heteroatoms. The average Bonchev–Trinajstić information content (AvgIpc) is 2.60. The van der Waals surface area contributed by atoms with E-state index in [2.05, 4.69) is 21.9 Å². The van der Waals surface area contributed by atoms with Crippen LogP contribution in [-0.4, -0.2) is 24.7 Å². The molecule has 0 spiro atoms. The fraction of sp³-hybridized carbons (Fsp3) is 0.118. The van der Waals surface area contributed by atoms with Gasteiger partial charge in [-0.25, -0.2) is 4.79 Å². The Kier molecular flexibility index (Phi) is 6.80. The number of carbonyl (C=O) groups excluding carboxylic acids is 1. The minimum absolute atomic E-state index is 0.0498. The zero-order chi connectivity index (χ0) is 19.3. The summed E-state index contributed by atoms with van der Waals surface area (Å²) in [6, 6.07) is 8.21. The van der Waals surface area contributed by atoms with E-state index >= 15 is 0 Å². The van der Waals surface area contributed by atoms with Crippen LogP contribution in [-0.2, 0) is 10.9 Å². The van der Waals surface area contributed by atoms with Gasteiger partial charge >= 0.3 is 12.1 Å². The molecular weight excluding hydrogens is 407 g/mol. The number of aliphatic imine (C=N–C) groups is 1. The third kappa shape index (κ3) is 5.06. The molecule has 0 saturated heterocycles. The fourth-order valence-corrected chi connectivity index (χ4v) is 3.32. The van der Waals surface area contributed by atoms with Crippen LogP contribution in [0.15, 0.2) is 51.2 Å². The summed E-state index contributed by atoms with van der Waals surface area (Å²) in [5.41, 5.74) is -0.554. The lowest BCUT2D eigenvalue weighted by atomic mass is 10.2. The van der Waals surface area contributed by atoms with Crippen molar-refractivity contribution in [2.24, 2.45) is 4.99 Å². The highest BCUT2D eigenvalue weighted by Crippen LogP contribution is 2.45. The molecule has 2 aromatic rings. The second-order valence-electron chi connectivity index (χ2n) is 4.83. The maximum Gasteiger partial charge on any atom is 0.417 e. The van der Waals surface area contributed by atoms with Gasteiger partial charge in [-0.3, -0.25) is 4.99 Å². The number of thiocarbonyl (C=S) groups is 1. The molecule has 2 rings (SSSR count). The maximum atomic E-state index is 13.4. The Balaban J connectivity index is 2.43. The molecule has 0 atom stereocenters. The van der Waals surface area contributed by atoms with Crippen LogP contribution in [0.4, 0.5) is 18.9 Å². The number of carbonyl (C=O) groups is 1. The van der Waals surface area contributed by atoms with Crippen molar-refractivity contribution in [2.45, 2.75) is 16.0 Å². The summed E-state index contributed by atoms with van der Waals surface area (Å²) in [4.78, 5) is 15.6. The molecule has 0 unspecified atom stereocenters. The molecule has 0 bridgehead atoms. The van der Waals surface area contributed by atoms with Gasteiger partial charge in [0.25, 0.3) is 0 Å². The van der Waals surface area contributed by atoms with Crippen LogP contribution in [0.3, 0.4) is 0 Å². The molecule has 3 nitrogen and oxygen atoms in total. The molecule has 0 heterocycles. The Bertz CT molecular complexity index is 852. The molecule has 0 aliphatic carbocycles. The van der Waals surface area contributed by atoms with Gasteiger partial charge in [0, 0.05) is 21.4 Å². The molecule has 136 valence electrons. The third-order valence-corrected chi connectivity index (χ3v) is 4.80. The predicted molar refractivity (Wildman–Crippen MR) is 100 cm³/mol. The van der Waals surface area contributed by atoms with Crippen molar-refractivity contribution in [2.75, 3.05) is 7.11 Å². The van der Waals surface area contributed by atoms with Crippen LogP contribution in [0.1, 0.15) is 15.9 Å². The number of ether oxygens (including phenoxy) is 1. The van der Waals surface area contributed by atoms with Crippen molar-refractivity contribution in [1.29, 1.82) is 0 Å². The van der Waals surface area contributed by atoms with Crippen LogP contribution in [0.5, 0.6) is 0 Å². The van der Waals surface area contributed by atoms with Crippen molar-refractivity contribution in [3.8, 4) is 0 Å². The van der Waals surface area contributed by atoms with E-state index in [1.54, 1.807) is 0 Å². The molecule has 0 radical (unpaired) electrons. The first-order valence-electron chi connectivity index (χ1n) is 7.01. The summed E-state index contributed by atoms with van der Waals surface area (Å²) in [5, 5.41) is 1.10. The SMILES string of the molecule is COC(=O)c1ccc(Sc2c(Cl)cc(N=CC=S)cc2C(F)(F)F)cc1. The molecule has 0 aliphatic heterocycles. The van der Waals surface area contributed by atoms with Crippen molar-refractivity contribution < 1.29 is 22.7 Å². The van der Waals surface area contributed by atoms with E-state index in [9.17, 15) is 18.0 Å². The largest absolute Gasteiger partial charge is 0.465 e. The lowest BCUT2D eigenvalue weighted by molar-refractivity contribution is -0.139. The number of hydrogen-bond donors (Lipinski definition) is 0. The number of halogens is 4. The Morgan fingerprint density at radius 3 is 2.46 bits per heavy atom. The van der Waals surface area contributed by atoms with Crippen molar-refractivity contribution >= 4 is 58.8 Å². The molecule has 0 N–H and O–H groups in total. The van der Waals surface area contributed by atoms with Crippen LogP contribution < -0.4 is 0 Å². The highest BCUT2D eigenvalue weighted by Gasteiger charge is 2.35. The predicted octanol–water partition coefficient (Wildman–Crippen LogP) is 6.00. The van der Waals surface area contributed by atoms with E-state index in [0.717, 1.165) is 17.8 Å². The summed E-state index contributed by atoms with van der Waals surface area (Å²) < 4.78 is 44.9. The van der Waals surface area contributed by atoms with E-state index in [0.29, 0.717) is 10.5 Å². The van der Waals surface area contributed by atoms with E-state index in [4.69, 9.17) is 11.6 Å². The molecule has 2 aromatic carbocycles. The topological polar surface area (TPSA) is 38.7 Å². The van der Waals surface area contributed by atoms with Crippen LogP contribution in [0.25, 0.3) is 0 Å². The van der Waals surface area contributed by atoms with Crippen molar-refractivity contribution in [3.63, 3.8) is 0 Å². The molecule has 0 saturated carbocycles. The molecule has 0 amide bonds. The fourth-order valence-electron chi connectivity index (χ4n) is 1.98. The number of rotatable bonds is 5. The van der Waals surface area contributed by atoms with Gasteiger partial charge in [0.1, 0.15) is 0 Å². The van der Waals surface area contributed by atoms with Crippen molar-refractivity contribution in [1.82, 2.24) is 0 Å². The standard InChI is InChI=1S/C17H11ClF3NO2S2/c1-24-16(23)10-2-4-12(5-3-10)26-15-13(17(19,20)21)8-11(9-14(15)18)22-6-7-25/h2-9H,1H3. The van der Waals surface area contributed by atoms with Crippen LogP contribution in [0.2, 0.25) is 5.02 Å². The Morgan fingerprint density at radius 2 is 1.92 bits per heavy atom. The molecule has 0 aliphatic rings. The van der Waals surface area contributed by atoms with Gasteiger partial charge in [0.05, 0.1) is 28.9 Å². The van der Waals surface area contributed by atoms with Gasteiger partial charge in [-0.2, -0.15) is 13.2 Å². The lowest BCUT2D eigenvalue weighted by Crippen LogP contribution is -2.07. The smallest absolute Gasteiger partial charge is 0.417 e. The highest BCUT2D eigenvalue weighted by atomic mass is 35.5. The summed E-state index contributed by atoms with van der Waals surface area (Å²) >= 11 is 11.5. The molecule has 0 fully saturated rings. The Morgan fingerprint density at radius 1 is 1.27 bits per heavy atom. The number of nitrogens with zero attached hydrogens (tertiary/aromatic N) is 1. The summed E-state index contributed by atoms with van der Waals surface area (Å²) in [5.74, 6) is -0.531. The van der Waals surface area contributed by atoms with Gasteiger partial charge in [-0.05, 0) is 36.4 Å². The first-order valence-corrected chi connectivity index (χ1v) is 8.67. The Hall–Kier alpha value is -1.90. The van der Waals surface area contributed by atoms with Gasteiger partial charge in [-0.15, -0.1) is 0 Å². The summed E-state index contributed by atoms with van der Waals surface area (Å²) in [7, 11) is 1.24. The number of esters is 1. The van der Waals surface area contributed by atoms with Gasteiger partial charge < -0.3 is 4.74 Å². The minimum Gasteiger partial charge on any atom is -0.465 e. The zero-order valence-corrected chi connectivity index (χ0v) is 15.6. The van der Waals surface area contributed by atoms with Crippen LogP contribution >= 0.6 is 35.6 Å². The van der Waals surface area contributed by atoms with E-state index < -0.39 is 17.7 Å². The first kappa shape index (κ1) is 20.4. The number of alkyl halides is 3. The van der Waals surface area contributed by atoms with Crippen LogP contribution in [0, 0.1) is 0 Å². The van der Waals surface area contributed by atoms with E-state index in [1.807, 2.05) is 0 Å². The second kappa shape index (κ2) is 8.66. The van der Waals surface area contributed by atoms with E-state index in [-0.39, 0.29) is 15.6 Å². The number of hydrogen-bond acceptors (Lipinski definition) is 5. The summed E-state index contributed by atoms with van der Waals surface area (Å²) in [6.45, 7) is 0. The number of methoxy groups -OCH3 is 1. The number of benzene rings is 2. The second-order valence-corrected chi connectivity index (χ2v) is 6.60. The highest BCUT2D eigenvalue weighted by molar-refractivity contribution is 7.99. The quantitative estimate of drug-likeness (QED) is 0.340. The molecular formula is C17H11ClF3NO2S2.